The van der Waals surface area contributed by atoms with Crippen LogP contribution in [0.2, 0.25) is 0 Å². The molecule has 0 aliphatic heterocycles. The third kappa shape index (κ3) is 3.67. The Bertz CT molecular complexity index is 1140. The van der Waals surface area contributed by atoms with Gasteiger partial charge in [-0.05, 0) is 54.1 Å². The molecule has 28 heavy (non-hydrogen) atoms. The van der Waals surface area contributed by atoms with E-state index in [0.29, 0.717) is 22.4 Å². The minimum absolute atomic E-state index is 0.143. The molecule has 0 amide bonds. The van der Waals surface area contributed by atoms with Gasteiger partial charge in [0, 0.05) is 10.9 Å². The van der Waals surface area contributed by atoms with Gasteiger partial charge in [0.1, 0.15) is 11.6 Å². The van der Waals surface area contributed by atoms with Gasteiger partial charge >= 0.3 is 6.18 Å². The molecule has 4 aromatic rings. The highest BCUT2D eigenvalue weighted by molar-refractivity contribution is 5.86. The number of nitrogens with zero attached hydrogens (tertiary/aromatic N) is 1. The lowest BCUT2D eigenvalue weighted by Gasteiger charge is -2.14. The molecular formula is C22H13F4NO. The lowest BCUT2D eigenvalue weighted by atomic mass is 10.0. The molecule has 6 heteroatoms. The highest BCUT2D eigenvalue weighted by Gasteiger charge is 2.30. The Morgan fingerprint density at radius 3 is 2.29 bits per heavy atom. The summed E-state index contributed by atoms with van der Waals surface area (Å²) in [6.07, 6.45) is -4.46. The highest BCUT2D eigenvalue weighted by Crippen LogP contribution is 2.37. The van der Waals surface area contributed by atoms with Crippen LogP contribution in [0.5, 0.6) is 11.6 Å². The van der Waals surface area contributed by atoms with Crippen LogP contribution in [-0.4, -0.2) is 4.98 Å². The van der Waals surface area contributed by atoms with E-state index in [1.165, 1.54) is 30.3 Å². The van der Waals surface area contributed by atoms with Crippen molar-refractivity contribution < 1.29 is 22.3 Å². The third-order valence-electron chi connectivity index (χ3n) is 4.22. The molecule has 0 aliphatic rings. The Morgan fingerprint density at radius 1 is 0.786 bits per heavy atom. The molecule has 0 radical (unpaired) electrons. The number of hydrogen-bond donors (Lipinski definition) is 0. The minimum Gasteiger partial charge on any atom is -0.438 e. The van der Waals surface area contributed by atoms with Crippen LogP contribution < -0.4 is 4.74 Å². The molecule has 0 atom stereocenters. The number of para-hydroxylation sites is 1. The van der Waals surface area contributed by atoms with Gasteiger partial charge in [0.15, 0.2) is 0 Å². The Morgan fingerprint density at radius 2 is 1.54 bits per heavy atom. The van der Waals surface area contributed by atoms with Crippen molar-refractivity contribution in [3.63, 3.8) is 0 Å². The Balaban J connectivity index is 1.87. The summed E-state index contributed by atoms with van der Waals surface area (Å²) in [7, 11) is 0. The molecule has 140 valence electrons. The van der Waals surface area contributed by atoms with Crippen LogP contribution in [0.1, 0.15) is 5.56 Å². The standard InChI is InChI=1S/C22H13F4NO/c23-17-8-10-18(11-9-17)28-21-19(13-15-4-1-2-7-20(15)27-21)14-5-3-6-16(12-14)22(24,25)26/h1-13H. The van der Waals surface area contributed by atoms with Crippen LogP contribution in [0.3, 0.4) is 0 Å². The van der Waals surface area contributed by atoms with Crippen LogP contribution in [0.25, 0.3) is 22.0 Å². The summed E-state index contributed by atoms with van der Waals surface area (Å²) >= 11 is 0. The van der Waals surface area contributed by atoms with Crippen molar-refractivity contribution in [2.45, 2.75) is 6.18 Å². The smallest absolute Gasteiger partial charge is 0.416 e. The van der Waals surface area contributed by atoms with Crippen molar-refractivity contribution in [3.8, 4) is 22.8 Å². The van der Waals surface area contributed by atoms with E-state index < -0.39 is 17.6 Å². The molecule has 1 aromatic heterocycles. The maximum atomic E-state index is 13.2. The first-order valence-corrected chi connectivity index (χ1v) is 8.41. The summed E-state index contributed by atoms with van der Waals surface area (Å²) in [4.78, 5) is 4.46. The first kappa shape index (κ1) is 18.0. The lowest BCUT2D eigenvalue weighted by molar-refractivity contribution is -0.137. The zero-order valence-electron chi connectivity index (χ0n) is 14.4. The van der Waals surface area contributed by atoms with Crippen LogP contribution in [-0.2, 0) is 6.18 Å². The van der Waals surface area contributed by atoms with Crippen LogP contribution in [0, 0.1) is 5.82 Å². The van der Waals surface area contributed by atoms with Gasteiger partial charge in [0.2, 0.25) is 5.88 Å². The van der Waals surface area contributed by atoms with E-state index in [1.807, 2.05) is 12.1 Å². The highest BCUT2D eigenvalue weighted by atomic mass is 19.4. The zero-order chi connectivity index (χ0) is 19.7. The minimum atomic E-state index is -4.46. The number of benzene rings is 3. The van der Waals surface area contributed by atoms with E-state index >= 15 is 0 Å². The predicted molar refractivity (Wildman–Crippen MR) is 98.7 cm³/mol. The molecule has 0 spiro atoms. The number of alkyl halides is 3. The summed E-state index contributed by atoms with van der Waals surface area (Å²) in [5.41, 5.74) is 0.612. The van der Waals surface area contributed by atoms with E-state index in [4.69, 9.17) is 4.74 Å². The lowest BCUT2D eigenvalue weighted by Crippen LogP contribution is -2.04. The number of halogens is 4. The van der Waals surface area contributed by atoms with Crippen molar-refractivity contribution in [1.29, 1.82) is 0 Å². The second-order valence-electron chi connectivity index (χ2n) is 6.17. The molecule has 4 rings (SSSR count). The predicted octanol–water partition coefficient (Wildman–Crippen LogP) is 6.85. The average molecular weight is 383 g/mol. The normalized spacial score (nSPS) is 11.6. The average Bonchev–Trinajstić information content (AvgIpc) is 2.69. The van der Waals surface area contributed by atoms with E-state index in [1.54, 1.807) is 24.3 Å². The quantitative estimate of drug-likeness (QED) is 0.361. The van der Waals surface area contributed by atoms with E-state index in [9.17, 15) is 17.6 Å². The number of fused-ring (bicyclic) bond motifs is 1. The van der Waals surface area contributed by atoms with Gasteiger partial charge in [-0.25, -0.2) is 9.37 Å². The van der Waals surface area contributed by atoms with Crippen molar-refractivity contribution >= 4 is 10.9 Å². The topological polar surface area (TPSA) is 22.1 Å². The molecule has 0 saturated carbocycles. The summed E-state index contributed by atoms with van der Waals surface area (Å²) in [5, 5.41) is 0.765. The molecule has 0 N–H and O–H groups in total. The Hall–Kier alpha value is -3.41. The Kier molecular flexibility index (Phi) is 4.47. The second kappa shape index (κ2) is 6.96. The first-order valence-electron chi connectivity index (χ1n) is 8.41. The molecular weight excluding hydrogens is 370 g/mol. The molecule has 0 saturated heterocycles. The van der Waals surface area contributed by atoms with Gasteiger partial charge in [-0.15, -0.1) is 0 Å². The van der Waals surface area contributed by atoms with Crippen LogP contribution in [0.15, 0.2) is 78.9 Å². The number of aromatic nitrogens is 1. The fourth-order valence-electron chi connectivity index (χ4n) is 2.86. The molecule has 3 aromatic carbocycles. The molecule has 1 heterocycles. The van der Waals surface area contributed by atoms with Gasteiger partial charge < -0.3 is 4.74 Å². The molecule has 0 fully saturated rings. The number of rotatable bonds is 3. The second-order valence-corrected chi connectivity index (χ2v) is 6.17. The molecule has 0 aliphatic carbocycles. The number of pyridine rings is 1. The first-order chi connectivity index (χ1) is 13.4. The summed E-state index contributed by atoms with van der Waals surface area (Å²) in [5.74, 6) is 0.0546. The van der Waals surface area contributed by atoms with Crippen molar-refractivity contribution in [2.24, 2.45) is 0 Å². The van der Waals surface area contributed by atoms with Gasteiger partial charge in [-0.1, -0.05) is 30.3 Å². The zero-order valence-corrected chi connectivity index (χ0v) is 14.4. The SMILES string of the molecule is Fc1ccc(Oc2nc3ccccc3cc2-c2cccc(C(F)(F)F)c2)cc1. The van der Waals surface area contributed by atoms with E-state index in [2.05, 4.69) is 4.98 Å². The fourth-order valence-corrected chi connectivity index (χ4v) is 2.86. The Labute approximate surface area is 158 Å². The van der Waals surface area contributed by atoms with Crippen molar-refractivity contribution in [3.05, 3.63) is 90.2 Å². The van der Waals surface area contributed by atoms with Gasteiger partial charge in [-0.3, -0.25) is 0 Å². The third-order valence-corrected chi connectivity index (χ3v) is 4.22. The molecule has 0 unspecified atom stereocenters. The molecule has 0 bridgehead atoms. The number of hydrogen-bond acceptors (Lipinski definition) is 2. The summed E-state index contributed by atoms with van der Waals surface area (Å²) in [6, 6.07) is 19.3. The maximum Gasteiger partial charge on any atom is 0.416 e. The monoisotopic (exact) mass is 383 g/mol. The van der Waals surface area contributed by atoms with Crippen LogP contribution >= 0.6 is 0 Å². The van der Waals surface area contributed by atoms with Crippen molar-refractivity contribution in [2.75, 3.05) is 0 Å². The van der Waals surface area contributed by atoms with Crippen LogP contribution in [0.4, 0.5) is 17.6 Å². The summed E-state index contributed by atoms with van der Waals surface area (Å²) < 4.78 is 58.4. The largest absolute Gasteiger partial charge is 0.438 e. The van der Waals surface area contributed by atoms with E-state index in [0.717, 1.165) is 17.5 Å². The van der Waals surface area contributed by atoms with Gasteiger partial charge in [0.05, 0.1) is 11.1 Å². The van der Waals surface area contributed by atoms with E-state index in [-0.39, 0.29) is 5.88 Å². The fraction of sp³-hybridized carbons (Fsp3) is 0.0455. The summed E-state index contributed by atoms with van der Waals surface area (Å²) in [6.45, 7) is 0. The maximum absolute atomic E-state index is 13.2. The molecule has 2 nitrogen and oxygen atoms in total. The van der Waals surface area contributed by atoms with Gasteiger partial charge in [0.25, 0.3) is 0 Å². The van der Waals surface area contributed by atoms with Gasteiger partial charge in [-0.2, -0.15) is 13.2 Å². The number of ether oxygens (including phenoxy) is 1. The van der Waals surface area contributed by atoms with Crippen molar-refractivity contribution in [1.82, 2.24) is 4.98 Å².